The summed E-state index contributed by atoms with van der Waals surface area (Å²) in [4.78, 5) is 0. The molecule has 1 aromatic rings. The van der Waals surface area contributed by atoms with Crippen molar-refractivity contribution in [2.24, 2.45) is 5.92 Å². The molecule has 0 saturated heterocycles. The lowest BCUT2D eigenvalue weighted by Crippen LogP contribution is -2.16. The lowest BCUT2D eigenvalue weighted by molar-refractivity contribution is 0.470. The highest BCUT2D eigenvalue weighted by Gasteiger charge is 2.08. The Hall–Kier alpha value is -0.820. The number of rotatable bonds is 7. The number of hydrogen-bond acceptors (Lipinski definition) is 1. The summed E-state index contributed by atoms with van der Waals surface area (Å²) in [7, 11) is 2.06. The van der Waals surface area contributed by atoms with Crippen LogP contribution in [0, 0.1) is 5.92 Å². The van der Waals surface area contributed by atoms with Crippen molar-refractivity contribution >= 4 is 0 Å². The van der Waals surface area contributed by atoms with Gasteiger partial charge in [0, 0.05) is 6.04 Å². The monoisotopic (exact) mass is 233 g/mol. The van der Waals surface area contributed by atoms with Crippen LogP contribution in [0.4, 0.5) is 0 Å². The topological polar surface area (TPSA) is 12.0 Å². The third-order valence-corrected chi connectivity index (χ3v) is 3.41. The van der Waals surface area contributed by atoms with Crippen molar-refractivity contribution in [3.05, 3.63) is 35.4 Å². The van der Waals surface area contributed by atoms with Crippen molar-refractivity contribution in [2.75, 3.05) is 7.05 Å². The Morgan fingerprint density at radius 3 is 2.18 bits per heavy atom. The molecule has 0 fully saturated rings. The van der Waals surface area contributed by atoms with Crippen LogP contribution in [0.25, 0.3) is 0 Å². The molecule has 1 heteroatoms. The van der Waals surface area contributed by atoms with Gasteiger partial charge in [0.05, 0.1) is 0 Å². The second-order valence-electron chi connectivity index (χ2n) is 5.26. The first kappa shape index (κ1) is 14.2. The molecule has 0 radical (unpaired) electrons. The van der Waals surface area contributed by atoms with Gasteiger partial charge in [-0.15, -0.1) is 0 Å². The summed E-state index contributed by atoms with van der Waals surface area (Å²) in [6.45, 7) is 6.79. The van der Waals surface area contributed by atoms with Crippen molar-refractivity contribution in [1.82, 2.24) is 5.32 Å². The van der Waals surface area contributed by atoms with Gasteiger partial charge >= 0.3 is 0 Å². The average molecular weight is 233 g/mol. The van der Waals surface area contributed by atoms with E-state index >= 15 is 0 Å². The first-order valence-electron chi connectivity index (χ1n) is 6.93. The van der Waals surface area contributed by atoms with Crippen LogP contribution in [-0.2, 0) is 6.42 Å². The maximum Gasteiger partial charge on any atom is 0.0317 e. The standard InChI is InChI=1S/C16H27N/c1-5-14-9-11-15(12-10-14)16(17-4)8-6-7-13(2)3/h9-13,16-17H,5-8H2,1-4H3. The Bertz CT molecular complexity index is 300. The molecule has 0 saturated carbocycles. The summed E-state index contributed by atoms with van der Waals surface area (Å²) in [5.74, 6) is 0.815. The SMILES string of the molecule is CCc1ccc(C(CCCC(C)C)NC)cc1. The summed E-state index contributed by atoms with van der Waals surface area (Å²) >= 11 is 0. The zero-order valence-electron chi connectivity index (χ0n) is 11.8. The normalized spacial score (nSPS) is 13.0. The second-order valence-corrected chi connectivity index (χ2v) is 5.26. The number of benzene rings is 1. The molecule has 0 heterocycles. The van der Waals surface area contributed by atoms with Gasteiger partial charge in [-0.25, -0.2) is 0 Å². The molecule has 0 bridgehead atoms. The summed E-state index contributed by atoms with van der Waals surface area (Å²) in [6.07, 6.45) is 4.99. The van der Waals surface area contributed by atoms with Gasteiger partial charge in [0.25, 0.3) is 0 Å². The van der Waals surface area contributed by atoms with Crippen LogP contribution in [-0.4, -0.2) is 7.05 Å². The highest BCUT2D eigenvalue weighted by atomic mass is 14.9. The molecule has 0 spiro atoms. The summed E-state index contributed by atoms with van der Waals surface area (Å²) < 4.78 is 0. The summed E-state index contributed by atoms with van der Waals surface area (Å²) in [5, 5.41) is 3.43. The molecular weight excluding hydrogens is 206 g/mol. The van der Waals surface area contributed by atoms with Gasteiger partial charge in [-0.2, -0.15) is 0 Å². The quantitative estimate of drug-likeness (QED) is 0.739. The smallest absolute Gasteiger partial charge is 0.0317 e. The van der Waals surface area contributed by atoms with Crippen molar-refractivity contribution in [2.45, 2.75) is 52.5 Å². The highest BCUT2D eigenvalue weighted by Crippen LogP contribution is 2.21. The Morgan fingerprint density at radius 2 is 1.71 bits per heavy atom. The fourth-order valence-corrected chi connectivity index (χ4v) is 2.19. The fraction of sp³-hybridized carbons (Fsp3) is 0.625. The van der Waals surface area contributed by atoms with E-state index in [0.717, 1.165) is 12.3 Å². The number of nitrogens with one attached hydrogen (secondary N) is 1. The summed E-state index contributed by atoms with van der Waals surface area (Å²) in [5.41, 5.74) is 2.85. The Labute approximate surface area is 107 Å². The third kappa shape index (κ3) is 4.91. The second kappa shape index (κ2) is 7.50. The Kier molecular flexibility index (Phi) is 6.28. The molecule has 0 aliphatic rings. The van der Waals surface area contributed by atoms with Crippen LogP contribution in [0.5, 0.6) is 0 Å². The molecule has 17 heavy (non-hydrogen) atoms. The molecule has 0 aliphatic heterocycles. The first-order valence-corrected chi connectivity index (χ1v) is 6.93. The molecule has 1 aromatic carbocycles. The first-order chi connectivity index (χ1) is 8.17. The van der Waals surface area contributed by atoms with Gasteiger partial charge < -0.3 is 5.32 Å². The van der Waals surface area contributed by atoms with E-state index in [1.54, 1.807) is 0 Å². The lowest BCUT2D eigenvalue weighted by atomic mass is 9.97. The lowest BCUT2D eigenvalue weighted by Gasteiger charge is -2.17. The molecule has 1 atom stereocenters. The van der Waals surface area contributed by atoms with E-state index in [1.165, 1.54) is 30.4 Å². The van der Waals surface area contributed by atoms with E-state index < -0.39 is 0 Å². The fourth-order valence-electron chi connectivity index (χ4n) is 2.19. The van der Waals surface area contributed by atoms with Gasteiger partial charge in [-0.1, -0.05) is 57.9 Å². The highest BCUT2D eigenvalue weighted by molar-refractivity contribution is 5.24. The molecule has 0 aromatic heterocycles. The third-order valence-electron chi connectivity index (χ3n) is 3.41. The largest absolute Gasteiger partial charge is 0.313 e. The predicted octanol–water partition coefficient (Wildman–Crippen LogP) is 4.34. The van der Waals surface area contributed by atoms with E-state index in [9.17, 15) is 0 Å². The Balaban J connectivity index is 2.53. The molecule has 0 aliphatic carbocycles. The van der Waals surface area contributed by atoms with Crippen molar-refractivity contribution in [3.8, 4) is 0 Å². The maximum atomic E-state index is 3.43. The van der Waals surface area contributed by atoms with Crippen molar-refractivity contribution in [3.63, 3.8) is 0 Å². The van der Waals surface area contributed by atoms with Crippen LogP contribution >= 0.6 is 0 Å². The zero-order chi connectivity index (χ0) is 12.7. The molecule has 1 unspecified atom stereocenters. The molecule has 0 amide bonds. The summed E-state index contributed by atoms with van der Waals surface area (Å²) in [6, 6.07) is 9.56. The van der Waals surface area contributed by atoms with E-state index in [1.807, 2.05) is 0 Å². The van der Waals surface area contributed by atoms with Gasteiger partial charge in [0.1, 0.15) is 0 Å². The van der Waals surface area contributed by atoms with Gasteiger partial charge in [0.2, 0.25) is 0 Å². The number of hydrogen-bond donors (Lipinski definition) is 1. The van der Waals surface area contributed by atoms with E-state index in [2.05, 4.69) is 57.4 Å². The molecule has 1 rings (SSSR count). The van der Waals surface area contributed by atoms with Gasteiger partial charge in [0.15, 0.2) is 0 Å². The van der Waals surface area contributed by atoms with Crippen molar-refractivity contribution < 1.29 is 0 Å². The van der Waals surface area contributed by atoms with Gasteiger partial charge in [-0.05, 0) is 36.9 Å². The Morgan fingerprint density at radius 1 is 1.06 bits per heavy atom. The van der Waals surface area contributed by atoms with Crippen molar-refractivity contribution in [1.29, 1.82) is 0 Å². The maximum absolute atomic E-state index is 3.43. The van der Waals surface area contributed by atoms with Crippen LogP contribution < -0.4 is 5.32 Å². The predicted molar refractivity (Wildman–Crippen MR) is 76.3 cm³/mol. The van der Waals surface area contributed by atoms with Crippen LogP contribution in [0.1, 0.15) is 57.2 Å². The van der Waals surface area contributed by atoms with Crippen LogP contribution in [0.3, 0.4) is 0 Å². The molecule has 1 N–H and O–H groups in total. The number of aryl methyl sites for hydroxylation is 1. The van der Waals surface area contributed by atoms with E-state index in [4.69, 9.17) is 0 Å². The molecule has 96 valence electrons. The average Bonchev–Trinajstić information content (AvgIpc) is 2.34. The van der Waals surface area contributed by atoms with Crippen LogP contribution in [0.2, 0.25) is 0 Å². The minimum atomic E-state index is 0.514. The molecular formula is C16H27N. The zero-order valence-corrected chi connectivity index (χ0v) is 11.8. The molecule has 1 nitrogen and oxygen atoms in total. The van der Waals surface area contributed by atoms with Crippen LogP contribution in [0.15, 0.2) is 24.3 Å². The minimum Gasteiger partial charge on any atom is -0.313 e. The van der Waals surface area contributed by atoms with Gasteiger partial charge in [-0.3, -0.25) is 0 Å². The van der Waals surface area contributed by atoms with E-state index in [-0.39, 0.29) is 0 Å². The van der Waals surface area contributed by atoms with E-state index in [0.29, 0.717) is 6.04 Å². The minimum absolute atomic E-state index is 0.514.